The second-order valence-electron chi connectivity index (χ2n) is 12.4. The Labute approximate surface area is 229 Å². The zero-order chi connectivity index (χ0) is 27.8. The average molecular weight is 555 g/mol. The number of terminal acetylenes is 1. The molecule has 0 aromatic heterocycles. The number of hydrogen-bond donors (Lipinski definition) is 3. The molecule has 39 heavy (non-hydrogen) atoms. The van der Waals surface area contributed by atoms with E-state index in [2.05, 4.69) is 24.3 Å². The maximum absolute atomic E-state index is 15.3. The van der Waals surface area contributed by atoms with Crippen LogP contribution in [0.25, 0.3) is 0 Å². The van der Waals surface area contributed by atoms with Gasteiger partial charge in [0.25, 0.3) is 0 Å². The van der Waals surface area contributed by atoms with E-state index in [1.54, 1.807) is 5.92 Å². The smallest absolute Gasteiger partial charge is 0.336 e. The minimum atomic E-state index is -3.70. The molecule has 0 spiro atoms. The first-order chi connectivity index (χ1) is 18.4. The third kappa shape index (κ3) is 4.16. The van der Waals surface area contributed by atoms with Gasteiger partial charge in [-0.3, -0.25) is 5.84 Å². The van der Waals surface area contributed by atoms with Crippen molar-refractivity contribution in [1.82, 2.24) is 4.83 Å². The van der Waals surface area contributed by atoms with Gasteiger partial charge in [0.15, 0.2) is 0 Å². The molecule has 5 aliphatic rings. The van der Waals surface area contributed by atoms with Crippen LogP contribution in [0.2, 0.25) is 0 Å². The number of nitrogens with two attached hydrogens (primary N) is 1. The fourth-order valence-electron chi connectivity index (χ4n) is 8.39. The first-order valence-electron chi connectivity index (χ1n) is 14.0. The summed E-state index contributed by atoms with van der Waals surface area (Å²) in [5.41, 5.74) is 3.46. The Morgan fingerprint density at radius 3 is 2.46 bits per heavy atom. The molecule has 6 rings (SSSR count). The van der Waals surface area contributed by atoms with E-state index in [9.17, 15) is 13.5 Å². The molecule has 0 unspecified atom stereocenters. The van der Waals surface area contributed by atoms with Gasteiger partial charge in [-0.15, -0.1) is 6.42 Å². The Morgan fingerprint density at radius 2 is 1.82 bits per heavy atom. The fraction of sp³-hybridized carbons (Fsp3) is 0.548. The van der Waals surface area contributed by atoms with Crippen LogP contribution in [-0.4, -0.2) is 25.0 Å². The van der Waals surface area contributed by atoms with Gasteiger partial charge in [-0.05, 0) is 109 Å². The number of halogens is 2. The molecule has 5 aliphatic carbocycles. The second-order valence-corrected chi connectivity index (χ2v) is 14.0. The van der Waals surface area contributed by atoms with E-state index in [4.69, 9.17) is 12.3 Å². The van der Waals surface area contributed by atoms with E-state index in [1.807, 2.05) is 17.8 Å². The largest absolute Gasteiger partial charge is 0.382 e. The van der Waals surface area contributed by atoms with E-state index >= 15 is 8.78 Å². The summed E-state index contributed by atoms with van der Waals surface area (Å²) in [5, 5.41) is 12.8. The lowest BCUT2D eigenvalue weighted by Gasteiger charge is -2.55. The summed E-state index contributed by atoms with van der Waals surface area (Å²) >= 11 is 0. The van der Waals surface area contributed by atoms with Crippen molar-refractivity contribution in [2.45, 2.75) is 88.1 Å². The van der Waals surface area contributed by atoms with Crippen LogP contribution in [0, 0.1) is 29.6 Å². The van der Waals surface area contributed by atoms with Crippen molar-refractivity contribution >= 4 is 10.0 Å². The summed E-state index contributed by atoms with van der Waals surface area (Å²) in [6.45, 7) is 1.83. The van der Waals surface area contributed by atoms with Crippen molar-refractivity contribution in [3.63, 3.8) is 0 Å². The number of benzene rings is 1. The first-order valence-corrected chi connectivity index (χ1v) is 15.5. The molecule has 8 heteroatoms. The Bertz CT molecular complexity index is 1430. The molecule has 0 heterocycles. The minimum Gasteiger partial charge on any atom is -0.382 e. The van der Waals surface area contributed by atoms with Crippen LogP contribution in [0.1, 0.15) is 87.7 Å². The van der Waals surface area contributed by atoms with Gasteiger partial charge in [0.1, 0.15) is 5.60 Å². The Hall–Kier alpha value is -2.31. The standard InChI is InChI=1S/C31H36F2N2O3S/c1-3-31(32,33)30(36)15-14-27-25-13-11-23-16-19(18-39(37,38)35-34)4-12-24(23)28(25)26(17-29(27,30)2)22-9-7-21(8-10-22)20-5-6-20/h1,7-10,16,18,20,25-27,35-36H,4-6,11-15,17,34H2,2H3/b19-18+/t25-,26-,27-,29-,30-/m0/s1. The number of alkyl halides is 2. The summed E-state index contributed by atoms with van der Waals surface area (Å²) in [6, 6.07) is 8.63. The zero-order valence-electron chi connectivity index (χ0n) is 22.2. The topological polar surface area (TPSA) is 92.4 Å². The summed E-state index contributed by atoms with van der Waals surface area (Å²) in [5.74, 6) is 3.65. The highest BCUT2D eigenvalue weighted by atomic mass is 32.2. The number of allylic oxidation sites excluding steroid dienone is 5. The molecular formula is C31H36F2N2O3S. The zero-order valence-corrected chi connectivity index (χ0v) is 23.0. The van der Waals surface area contributed by atoms with Gasteiger partial charge in [-0.2, -0.15) is 13.6 Å². The van der Waals surface area contributed by atoms with E-state index in [0.717, 1.165) is 24.0 Å². The van der Waals surface area contributed by atoms with Gasteiger partial charge in [-0.25, -0.2) is 8.42 Å². The predicted molar refractivity (Wildman–Crippen MR) is 147 cm³/mol. The highest BCUT2D eigenvalue weighted by Gasteiger charge is 2.71. The third-order valence-electron chi connectivity index (χ3n) is 10.5. The molecule has 5 nitrogen and oxygen atoms in total. The lowest BCUT2D eigenvalue weighted by atomic mass is 9.50. The lowest BCUT2D eigenvalue weighted by Crippen LogP contribution is -2.59. The van der Waals surface area contributed by atoms with Gasteiger partial charge in [0.2, 0.25) is 10.0 Å². The van der Waals surface area contributed by atoms with Crippen molar-refractivity contribution in [2.24, 2.45) is 23.1 Å². The summed E-state index contributed by atoms with van der Waals surface area (Å²) in [4.78, 5) is 1.86. The van der Waals surface area contributed by atoms with Crippen LogP contribution in [0.3, 0.4) is 0 Å². The maximum atomic E-state index is 15.3. The van der Waals surface area contributed by atoms with Crippen LogP contribution in [-0.2, 0) is 10.0 Å². The summed E-state index contributed by atoms with van der Waals surface area (Å²) < 4.78 is 54.6. The van der Waals surface area contributed by atoms with Crippen molar-refractivity contribution in [1.29, 1.82) is 0 Å². The molecule has 5 atom stereocenters. The van der Waals surface area contributed by atoms with Crippen molar-refractivity contribution < 1.29 is 22.3 Å². The monoisotopic (exact) mass is 554 g/mol. The predicted octanol–water partition coefficient (Wildman–Crippen LogP) is 5.57. The van der Waals surface area contributed by atoms with Gasteiger partial charge >= 0.3 is 5.92 Å². The van der Waals surface area contributed by atoms with Gasteiger partial charge < -0.3 is 5.11 Å². The molecule has 3 saturated carbocycles. The van der Waals surface area contributed by atoms with Crippen LogP contribution in [0.15, 0.2) is 58.0 Å². The quantitative estimate of drug-likeness (QED) is 0.252. The van der Waals surface area contributed by atoms with E-state index in [1.165, 1.54) is 35.0 Å². The highest BCUT2D eigenvalue weighted by molar-refractivity contribution is 7.92. The molecule has 0 radical (unpaired) electrons. The average Bonchev–Trinajstić information content (AvgIpc) is 3.73. The van der Waals surface area contributed by atoms with Crippen LogP contribution >= 0.6 is 0 Å². The molecule has 1 aromatic rings. The SMILES string of the molecule is C#CC(F)(F)[C@]1(O)CC[C@H]2[C@@H]3CCC4=C/C(=C/S(=O)(=O)NN)CCC4=C3[C@H](c3ccc(C4CC4)cc3)C[C@@]21C. The summed E-state index contributed by atoms with van der Waals surface area (Å²) in [6.07, 6.45) is 13.3. The number of fused-ring (bicyclic) bond motifs is 4. The fourth-order valence-corrected chi connectivity index (χ4v) is 9.05. The van der Waals surface area contributed by atoms with E-state index < -0.39 is 27.0 Å². The van der Waals surface area contributed by atoms with Gasteiger partial charge in [-0.1, -0.05) is 42.8 Å². The minimum absolute atomic E-state index is 0.0165. The van der Waals surface area contributed by atoms with Crippen molar-refractivity contribution in [2.75, 3.05) is 0 Å². The number of nitrogens with one attached hydrogen (secondary N) is 1. The number of hydrogen-bond acceptors (Lipinski definition) is 4. The number of aliphatic hydroxyl groups is 1. The first kappa shape index (κ1) is 26.9. The Morgan fingerprint density at radius 1 is 1.13 bits per heavy atom. The summed E-state index contributed by atoms with van der Waals surface area (Å²) in [7, 11) is -3.70. The maximum Gasteiger partial charge on any atom is 0.336 e. The van der Waals surface area contributed by atoms with Crippen LogP contribution in [0.4, 0.5) is 8.78 Å². The number of hydrazine groups is 1. The van der Waals surface area contributed by atoms with Crippen LogP contribution in [0.5, 0.6) is 0 Å². The van der Waals surface area contributed by atoms with Gasteiger partial charge in [0, 0.05) is 11.3 Å². The second kappa shape index (κ2) is 9.10. The molecule has 0 bridgehead atoms. The van der Waals surface area contributed by atoms with Crippen LogP contribution < -0.4 is 10.7 Å². The normalized spacial score (nSPS) is 35.6. The molecule has 0 amide bonds. The van der Waals surface area contributed by atoms with Crippen molar-refractivity contribution in [3.05, 3.63) is 69.2 Å². The third-order valence-corrected chi connectivity index (χ3v) is 11.5. The Balaban J connectivity index is 1.48. The van der Waals surface area contributed by atoms with Gasteiger partial charge in [0.05, 0.1) is 5.41 Å². The molecule has 0 saturated heterocycles. The molecule has 0 aliphatic heterocycles. The molecule has 4 N–H and O–H groups in total. The number of rotatable bonds is 5. The lowest BCUT2D eigenvalue weighted by molar-refractivity contribution is -0.209. The molecule has 208 valence electrons. The molecule has 1 aromatic carbocycles. The van der Waals surface area contributed by atoms with E-state index in [0.29, 0.717) is 37.2 Å². The van der Waals surface area contributed by atoms with E-state index in [-0.39, 0.29) is 24.2 Å². The number of sulfonamides is 1. The highest BCUT2D eigenvalue weighted by Crippen LogP contribution is 2.69. The Kier molecular flexibility index (Phi) is 6.28. The van der Waals surface area contributed by atoms with Crippen molar-refractivity contribution in [3.8, 4) is 12.3 Å². The molecule has 3 fully saturated rings. The molecular weight excluding hydrogens is 518 g/mol.